The summed E-state index contributed by atoms with van der Waals surface area (Å²) in [5, 5.41) is 8.82. The van der Waals surface area contributed by atoms with Crippen LogP contribution in [0.3, 0.4) is 0 Å². The number of nitriles is 1. The number of amides is 1. The van der Waals surface area contributed by atoms with Gasteiger partial charge in [0.1, 0.15) is 0 Å². The number of carbonyl (C=O) groups is 1. The first kappa shape index (κ1) is 14.0. The van der Waals surface area contributed by atoms with Crippen molar-refractivity contribution >= 4 is 5.91 Å². The lowest BCUT2D eigenvalue weighted by Crippen LogP contribution is -2.43. The molecule has 1 amide bonds. The summed E-state index contributed by atoms with van der Waals surface area (Å²) in [4.78, 5) is 14.2. The Morgan fingerprint density at radius 3 is 2.88 bits per heavy atom. The van der Waals surface area contributed by atoms with Gasteiger partial charge in [0.05, 0.1) is 12.0 Å². The molecule has 0 aromatic heterocycles. The van der Waals surface area contributed by atoms with Crippen LogP contribution >= 0.6 is 0 Å². The van der Waals surface area contributed by atoms with Crippen molar-refractivity contribution in [2.45, 2.75) is 27.2 Å². The highest BCUT2D eigenvalue weighted by atomic mass is 16.5. The van der Waals surface area contributed by atoms with Crippen LogP contribution in [0, 0.1) is 29.1 Å². The van der Waals surface area contributed by atoms with Gasteiger partial charge >= 0.3 is 0 Å². The Hall–Kier alpha value is -1.08. The van der Waals surface area contributed by atoms with Crippen molar-refractivity contribution in [3.8, 4) is 6.07 Å². The lowest BCUT2D eigenvalue weighted by atomic mass is 9.88. The van der Waals surface area contributed by atoms with Crippen LogP contribution in [0.1, 0.15) is 27.2 Å². The number of rotatable bonds is 4. The highest BCUT2D eigenvalue weighted by Gasteiger charge is 2.31. The molecule has 1 heterocycles. The maximum Gasteiger partial charge on any atom is 0.226 e. The molecule has 17 heavy (non-hydrogen) atoms. The molecule has 96 valence electrons. The molecule has 0 aromatic carbocycles. The minimum absolute atomic E-state index is 0.0644. The Labute approximate surface area is 104 Å². The molecular formula is C13H22N2O2. The predicted molar refractivity (Wildman–Crippen MR) is 65.1 cm³/mol. The zero-order valence-corrected chi connectivity index (χ0v) is 11.0. The fourth-order valence-electron chi connectivity index (χ4n) is 2.23. The number of carbonyl (C=O) groups excluding carboxylic acids is 1. The van der Waals surface area contributed by atoms with Crippen LogP contribution < -0.4 is 0 Å². The van der Waals surface area contributed by atoms with E-state index in [2.05, 4.69) is 13.0 Å². The quantitative estimate of drug-likeness (QED) is 0.748. The van der Waals surface area contributed by atoms with E-state index >= 15 is 0 Å². The van der Waals surface area contributed by atoms with Crippen LogP contribution in [0.5, 0.6) is 0 Å². The van der Waals surface area contributed by atoms with Crippen LogP contribution in [0.15, 0.2) is 0 Å². The second kappa shape index (κ2) is 6.61. The van der Waals surface area contributed by atoms with Gasteiger partial charge in [0.15, 0.2) is 0 Å². The van der Waals surface area contributed by atoms with Gasteiger partial charge in [-0.25, -0.2) is 0 Å². The van der Waals surface area contributed by atoms with Crippen molar-refractivity contribution < 1.29 is 9.53 Å². The molecular weight excluding hydrogens is 216 g/mol. The van der Waals surface area contributed by atoms with Crippen molar-refractivity contribution in [1.82, 2.24) is 4.90 Å². The van der Waals surface area contributed by atoms with Gasteiger partial charge < -0.3 is 9.64 Å². The van der Waals surface area contributed by atoms with Crippen molar-refractivity contribution in [3.05, 3.63) is 0 Å². The zero-order chi connectivity index (χ0) is 12.8. The highest BCUT2D eigenvalue weighted by Crippen LogP contribution is 2.23. The van der Waals surface area contributed by atoms with E-state index in [1.54, 1.807) is 4.90 Å². The first-order valence-corrected chi connectivity index (χ1v) is 6.36. The summed E-state index contributed by atoms with van der Waals surface area (Å²) in [5.74, 6) is 0.428. The third kappa shape index (κ3) is 3.71. The van der Waals surface area contributed by atoms with E-state index in [0.717, 1.165) is 6.42 Å². The van der Waals surface area contributed by atoms with E-state index in [9.17, 15) is 4.79 Å². The number of ether oxygens (including phenoxy) is 1. The first-order valence-electron chi connectivity index (χ1n) is 6.36. The van der Waals surface area contributed by atoms with Gasteiger partial charge in [-0.1, -0.05) is 6.92 Å². The van der Waals surface area contributed by atoms with Crippen molar-refractivity contribution in [2.75, 3.05) is 26.3 Å². The normalized spacial score (nSPS) is 26.0. The number of hydrogen-bond acceptors (Lipinski definition) is 3. The van der Waals surface area contributed by atoms with Crippen LogP contribution in [0.2, 0.25) is 0 Å². The fourth-order valence-corrected chi connectivity index (χ4v) is 2.23. The molecule has 4 nitrogen and oxygen atoms in total. The van der Waals surface area contributed by atoms with Gasteiger partial charge in [-0.05, 0) is 26.2 Å². The summed E-state index contributed by atoms with van der Waals surface area (Å²) < 4.78 is 5.35. The molecule has 0 N–H and O–H groups in total. The van der Waals surface area contributed by atoms with Crippen LogP contribution in [0.4, 0.5) is 0 Å². The number of hydrogen-bond donors (Lipinski definition) is 0. The molecule has 0 radical (unpaired) electrons. The summed E-state index contributed by atoms with van der Waals surface area (Å²) in [7, 11) is 0. The summed E-state index contributed by atoms with van der Waals surface area (Å²) in [6.45, 7) is 8.43. The second-order valence-electron chi connectivity index (χ2n) is 4.85. The van der Waals surface area contributed by atoms with Crippen LogP contribution in [-0.4, -0.2) is 37.1 Å². The SMILES string of the molecule is CCN(CC(C)C#N)C(=O)C1CCOCC1C. The van der Waals surface area contributed by atoms with Gasteiger partial charge in [0.25, 0.3) is 0 Å². The van der Waals surface area contributed by atoms with Gasteiger partial charge in [0, 0.05) is 32.2 Å². The van der Waals surface area contributed by atoms with Crippen molar-refractivity contribution in [2.24, 2.45) is 17.8 Å². The van der Waals surface area contributed by atoms with E-state index in [0.29, 0.717) is 26.3 Å². The lowest BCUT2D eigenvalue weighted by molar-refractivity contribution is -0.141. The Morgan fingerprint density at radius 1 is 1.65 bits per heavy atom. The maximum absolute atomic E-state index is 12.4. The molecule has 3 unspecified atom stereocenters. The fraction of sp³-hybridized carbons (Fsp3) is 0.846. The molecule has 4 heteroatoms. The molecule has 0 spiro atoms. The topological polar surface area (TPSA) is 53.3 Å². The smallest absolute Gasteiger partial charge is 0.226 e. The molecule has 0 bridgehead atoms. The molecule has 1 rings (SSSR count). The predicted octanol–water partition coefficient (Wildman–Crippen LogP) is 1.67. The molecule has 0 saturated carbocycles. The minimum Gasteiger partial charge on any atom is -0.381 e. The molecule has 1 saturated heterocycles. The lowest BCUT2D eigenvalue weighted by Gasteiger charge is -2.33. The summed E-state index contributed by atoms with van der Waals surface area (Å²) >= 11 is 0. The van der Waals surface area contributed by atoms with Gasteiger partial charge in [-0.2, -0.15) is 5.26 Å². The average molecular weight is 238 g/mol. The summed E-state index contributed by atoms with van der Waals surface area (Å²) in [6, 6.07) is 2.18. The maximum atomic E-state index is 12.4. The summed E-state index contributed by atoms with van der Waals surface area (Å²) in [5.41, 5.74) is 0. The molecule has 1 fully saturated rings. The monoisotopic (exact) mass is 238 g/mol. The third-order valence-corrected chi connectivity index (χ3v) is 3.37. The third-order valence-electron chi connectivity index (χ3n) is 3.37. The van der Waals surface area contributed by atoms with Gasteiger partial charge in [-0.15, -0.1) is 0 Å². The average Bonchev–Trinajstić information content (AvgIpc) is 2.35. The Bertz CT molecular complexity index is 298. The number of nitrogens with zero attached hydrogens (tertiary/aromatic N) is 2. The molecule has 3 atom stereocenters. The molecule has 0 aliphatic carbocycles. The Morgan fingerprint density at radius 2 is 2.35 bits per heavy atom. The van der Waals surface area contributed by atoms with Crippen LogP contribution in [0.25, 0.3) is 0 Å². The van der Waals surface area contributed by atoms with Crippen LogP contribution in [-0.2, 0) is 9.53 Å². The Kier molecular flexibility index (Phi) is 5.43. The standard InChI is InChI=1S/C13H22N2O2/c1-4-15(8-10(2)7-14)13(16)12-5-6-17-9-11(12)3/h10-12H,4-6,8-9H2,1-3H3. The minimum atomic E-state index is -0.103. The van der Waals surface area contributed by atoms with Crippen molar-refractivity contribution in [1.29, 1.82) is 5.26 Å². The van der Waals surface area contributed by atoms with E-state index in [-0.39, 0.29) is 23.7 Å². The van der Waals surface area contributed by atoms with E-state index in [1.807, 2.05) is 13.8 Å². The van der Waals surface area contributed by atoms with E-state index in [4.69, 9.17) is 10.00 Å². The van der Waals surface area contributed by atoms with E-state index < -0.39 is 0 Å². The van der Waals surface area contributed by atoms with Crippen molar-refractivity contribution in [3.63, 3.8) is 0 Å². The largest absolute Gasteiger partial charge is 0.381 e. The molecule has 1 aliphatic heterocycles. The molecule has 1 aliphatic rings. The molecule has 0 aromatic rings. The zero-order valence-electron chi connectivity index (χ0n) is 11.0. The first-order chi connectivity index (χ1) is 8.10. The van der Waals surface area contributed by atoms with Gasteiger partial charge in [0.2, 0.25) is 5.91 Å². The van der Waals surface area contributed by atoms with Gasteiger partial charge in [-0.3, -0.25) is 4.79 Å². The Balaban J connectivity index is 2.61. The van der Waals surface area contributed by atoms with E-state index in [1.165, 1.54) is 0 Å². The summed E-state index contributed by atoms with van der Waals surface area (Å²) in [6.07, 6.45) is 0.803. The highest BCUT2D eigenvalue weighted by molar-refractivity contribution is 5.79. The second-order valence-corrected chi connectivity index (χ2v) is 4.85.